The van der Waals surface area contributed by atoms with Gasteiger partial charge in [-0.2, -0.15) is 0 Å². The summed E-state index contributed by atoms with van der Waals surface area (Å²) in [4.78, 5) is 25.3. The highest BCUT2D eigenvalue weighted by Crippen LogP contribution is 2.35. The quantitative estimate of drug-likeness (QED) is 0.303. The first-order chi connectivity index (χ1) is 9.72. The number of benzene rings is 1. The van der Waals surface area contributed by atoms with E-state index in [-0.39, 0.29) is 19.1 Å². The molecule has 0 aliphatic heterocycles. The number of halogens is 3. The van der Waals surface area contributed by atoms with Crippen LogP contribution in [0.25, 0.3) is 0 Å². The van der Waals surface area contributed by atoms with E-state index in [1.54, 1.807) is 6.92 Å². The summed E-state index contributed by atoms with van der Waals surface area (Å²) in [6.07, 6.45) is 0. The molecule has 1 aromatic carbocycles. The normalized spacial score (nSPS) is 10.3. The van der Waals surface area contributed by atoms with Gasteiger partial charge in [-0.25, -0.2) is 0 Å². The van der Waals surface area contributed by atoms with Crippen molar-refractivity contribution in [1.29, 1.82) is 0 Å². The van der Waals surface area contributed by atoms with Gasteiger partial charge in [-0.1, -0.05) is 0 Å². The van der Waals surface area contributed by atoms with Gasteiger partial charge in [0.1, 0.15) is 6.54 Å². The molecule has 0 aromatic heterocycles. The Morgan fingerprint density at radius 2 is 1.57 bits per heavy atom. The van der Waals surface area contributed by atoms with Crippen LogP contribution in [0.5, 0.6) is 0 Å². The van der Waals surface area contributed by atoms with Crippen molar-refractivity contribution in [3.8, 4) is 0 Å². The SMILES string of the molecule is CCOC(=O)CN(C)C(=O)c1c(I)c(N)c(I)c(N)c1I. The van der Waals surface area contributed by atoms with Crippen LogP contribution in [0.4, 0.5) is 11.4 Å². The maximum absolute atomic E-state index is 12.5. The van der Waals surface area contributed by atoms with E-state index >= 15 is 0 Å². The Bertz CT molecular complexity index is 564. The molecule has 9 heteroatoms. The number of nitrogens with zero attached hydrogens (tertiary/aromatic N) is 1. The number of carbonyl (C=O) groups is 2. The molecule has 4 N–H and O–H groups in total. The first-order valence-electron chi connectivity index (χ1n) is 5.84. The second-order valence-corrected chi connectivity index (χ2v) is 7.35. The molecule has 0 saturated carbocycles. The topological polar surface area (TPSA) is 98.6 Å². The van der Waals surface area contributed by atoms with Crippen LogP contribution < -0.4 is 11.5 Å². The van der Waals surface area contributed by atoms with Crippen LogP contribution in [0.3, 0.4) is 0 Å². The predicted octanol–water partition coefficient (Wildman–Crippen LogP) is 2.30. The third-order valence-electron chi connectivity index (χ3n) is 2.62. The number of esters is 1. The largest absolute Gasteiger partial charge is 0.465 e. The fourth-order valence-electron chi connectivity index (χ4n) is 1.55. The average Bonchev–Trinajstić information content (AvgIpc) is 2.43. The van der Waals surface area contributed by atoms with Crippen LogP contribution in [0.15, 0.2) is 0 Å². The highest BCUT2D eigenvalue weighted by molar-refractivity contribution is 14.1. The lowest BCUT2D eigenvalue weighted by Crippen LogP contribution is -2.34. The molecule has 0 heterocycles. The minimum atomic E-state index is -0.454. The number of hydrogen-bond donors (Lipinski definition) is 2. The van der Waals surface area contributed by atoms with Crippen molar-refractivity contribution in [2.75, 3.05) is 31.7 Å². The smallest absolute Gasteiger partial charge is 0.325 e. The molecule has 0 fully saturated rings. The first kappa shape index (κ1) is 19.0. The maximum atomic E-state index is 12.5. The van der Waals surface area contributed by atoms with Gasteiger partial charge in [-0.15, -0.1) is 0 Å². The van der Waals surface area contributed by atoms with E-state index < -0.39 is 5.97 Å². The molecular weight excluding hydrogens is 615 g/mol. The molecule has 0 unspecified atom stereocenters. The number of carbonyl (C=O) groups excluding carboxylic acids is 2. The zero-order chi connectivity index (χ0) is 16.3. The van der Waals surface area contributed by atoms with E-state index in [1.165, 1.54) is 11.9 Å². The molecule has 116 valence electrons. The predicted molar refractivity (Wildman–Crippen MR) is 107 cm³/mol. The Morgan fingerprint density at radius 3 is 2.00 bits per heavy atom. The molecule has 0 spiro atoms. The molecule has 0 aliphatic carbocycles. The van der Waals surface area contributed by atoms with E-state index in [4.69, 9.17) is 16.2 Å². The zero-order valence-electron chi connectivity index (χ0n) is 11.4. The van der Waals surface area contributed by atoms with Gasteiger partial charge in [-0.05, 0) is 74.7 Å². The third kappa shape index (κ3) is 4.24. The van der Waals surface area contributed by atoms with Gasteiger partial charge in [0.15, 0.2) is 0 Å². The molecule has 21 heavy (non-hydrogen) atoms. The van der Waals surface area contributed by atoms with Gasteiger partial charge >= 0.3 is 5.97 Å². The Morgan fingerprint density at radius 1 is 1.10 bits per heavy atom. The molecule has 0 saturated heterocycles. The second-order valence-electron chi connectivity index (χ2n) is 4.11. The van der Waals surface area contributed by atoms with Crippen molar-refractivity contribution >= 4 is 91.0 Å². The number of amides is 1. The van der Waals surface area contributed by atoms with Crippen LogP contribution in [0.1, 0.15) is 17.3 Å². The number of likely N-dealkylation sites (N-methyl/N-ethyl adjacent to an activating group) is 1. The van der Waals surface area contributed by atoms with Gasteiger partial charge in [0.2, 0.25) is 0 Å². The summed E-state index contributed by atoms with van der Waals surface area (Å²) in [6, 6.07) is 0. The van der Waals surface area contributed by atoms with Gasteiger partial charge < -0.3 is 21.1 Å². The number of hydrogen-bond acceptors (Lipinski definition) is 5. The fourth-order valence-corrected chi connectivity index (χ4v) is 5.18. The highest BCUT2D eigenvalue weighted by Gasteiger charge is 2.25. The summed E-state index contributed by atoms with van der Waals surface area (Å²) in [5.41, 5.74) is 13.3. The van der Waals surface area contributed by atoms with Crippen molar-refractivity contribution in [2.45, 2.75) is 6.92 Å². The monoisotopic (exact) mass is 629 g/mol. The Labute approximate surface area is 163 Å². The van der Waals surface area contributed by atoms with Crippen molar-refractivity contribution < 1.29 is 14.3 Å². The summed E-state index contributed by atoms with van der Waals surface area (Å²) in [6.45, 7) is 1.87. The summed E-state index contributed by atoms with van der Waals surface area (Å²) >= 11 is 6.09. The summed E-state index contributed by atoms with van der Waals surface area (Å²) in [5, 5.41) is 0. The molecule has 0 atom stereocenters. The Hall–Kier alpha value is -0.0500. The van der Waals surface area contributed by atoms with Gasteiger partial charge in [0, 0.05) is 7.05 Å². The molecule has 0 radical (unpaired) electrons. The maximum Gasteiger partial charge on any atom is 0.325 e. The van der Waals surface area contributed by atoms with Crippen molar-refractivity contribution in [1.82, 2.24) is 4.90 Å². The standard InChI is InChI=1S/C12H14I3N3O3/c1-3-21-5(19)4-18(2)12(20)6-7(13)10(16)9(15)11(17)8(6)14/h3-4,16-17H2,1-2H3. The number of rotatable bonds is 4. The molecule has 0 bridgehead atoms. The minimum Gasteiger partial charge on any atom is -0.465 e. The van der Waals surface area contributed by atoms with E-state index in [1.807, 2.05) is 67.8 Å². The summed E-state index contributed by atoms with van der Waals surface area (Å²) < 4.78 is 6.84. The molecule has 0 aliphatic rings. The van der Waals surface area contributed by atoms with E-state index in [0.717, 1.165) is 3.57 Å². The van der Waals surface area contributed by atoms with Crippen LogP contribution in [-0.4, -0.2) is 37.0 Å². The molecule has 6 nitrogen and oxygen atoms in total. The van der Waals surface area contributed by atoms with Crippen LogP contribution in [-0.2, 0) is 9.53 Å². The molecule has 1 aromatic rings. The van der Waals surface area contributed by atoms with Crippen LogP contribution >= 0.6 is 67.8 Å². The van der Waals surface area contributed by atoms with Crippen LogP contribution in [0, 0.1) is 10.7 Å². The minimum absolute atomic E-state index is 0.120. The number of ether oxygens (including phenoxy) is 1. The lowest BCUT2D eigenvalue weighted by Gasteiger charge is -2.20. The molecule has 1 amide bonds. The third-order valence-corrected chi connectivity index (χ3v) is 6.02. The number of nitrogen functional groups attached to an aromatic ring is 2. The van der Waals surface area contributed by atoms with Crippen molar-refractivity contribution in [3.05, 3.63) is 16.3 Å². The fraction of sp³-hybridized carbons (Fsp3) is 0.333. The highest BCUT2D eigenvalue weighted by atomic mass is 127. The van der Waals surface area contributed by atoms with Gasteiger partial charge in [-0.3, -0.25) is 9.59 Å². The summed E-state index contributed by atoms with van der Waals surface area (Å²) in [7, 11) is 1.54. The van der Waals surface area contributed by atoms with E-state index in [9.17, 15) is 9.59 Å². The lowest BCUT2D eigenvalue weighted by atomic mass is 10.1. The number of anilines is 2. The molecular formula is C12H14I3N3O3. The Balaban J connectivity index is 3.16. The van der Waals surface area contributed by atoms with E-state index in [2.05, 4.69) is 0 Å². The van der Waals surface area contributed by atoms with Crippen LogP contribution in [0.2, 0.25) is 0 Å². The van der Waals surface area contributed by atoms with Gasteiger partial charge in [0.05, 0.1) is 34.3 Å². The molecule has 1 rings (SSSR count). The summed E-state index contributed by atoms with van der Waals surface area (Å²) in [5.74, 6) is -0.767. The van der Waals surface area contributed by atoms with Crippen molar-refractivity contribution in [2.24, 2.45) is 0 Å². The zero-order valence-corrected chi connectivity index (χ0v) is 17.8. The van der Waals surface area contributed by atoms with Crippen molar-refractivity contribution in [3.63, 3.8) is 0 Å². The second kappa shape index (κ2) is 7.99. The first-order valence-corrected chi connectivity index (χ1v) is 9.08. The average molecular weight is 629 g/mol. The Kier molecular flexibility index (Phi) is 7.23. The lowest BCUT2D eigenvalue weighted by molar-refractivity contribution is -0.143. The van der Waals surface area contributed by atoms with Gasteiger partial charge in [0.25, 0.3) is 5.91 Å². The van der Waals surface area contributed by atoms with E-state index in [0.29, 0.717) is 24.1 Å². The number of nitrogens with two attached hydrogens (primary N) is 2.